The summed E-state index contributed by atoms with van der Waals surface area (Å²) in [4.78, 5) is 0. The highest BCUT2D eigenvalue weighted by atomic mass is 16.3. The lowest BCUT2D eigenvalue weighted by Gasteiger charge is -2.07. The molecule has 0 unspecified atom stereocenters. The smallest absolute Gasteiger partial charge is 0.237 e. The van der Waals surface area contributed by atoms with E-state index in [-0.39, 0.29) is 11.5 Å². The Bertz CT molecular complexity index is 691. The zero-order chi connectivity index (χ0) is 13.0. The number of fused-ring (bicyclic) bond motifs is 1. The van der Waals surface area contributed by atoms with Gasteiger partial charge in [-0.1, -0.05) is 30.3 Å². The molecule has 0 radical (unpaired) electrons. The summed E-state index contributed by atoms with van der Waals surface area (Å²) in [7, 11) is 0. The molecule has 2 aromatic rings. The molecule has 2 rings (SSSR count). The molecule has 0 aliphatic rings. The quantitative estimate of drug-likeness (QED) is 0.475. The van der Waals surface area contributed by atoms with E-state index in [1.54, 1.807) is 18.2 Å². The van der Waals surface area contributed by atoms with Crippen LogP contribution >= 0.6 is 0 Å². The zero-order valence-corrected chi connectivity index (χ0v) is 9.25. The van der Waals surface area contributed by atoms with Gasteiger partial charge in [0.1, 0.15) is 23.6 Å². The molecule has 0 fully saturated rings. The number of nitriles is 2. The van der Waals surface area contributed by atoms with Crippen LogP contribution in [0, 0.1) is 22.7 Å². The van der Waals surface area contributed by atoms with Crippen LogP contribution < -0.4 is 5.43 Å². The molecular formula is C13H8N4O. The van der Waals surface area contributed by atoms with E-state index in [9.17, 15) is 5.11 Å². The number of hydrogen-bond acceptors (Lipinski definition) is 5. The Morgan fingerprint density at radius 1 is 1.11 bits per heavy atom. The minimum atomic E-state index is -0.303. The van der Waals surface area contributed by atoms with Crippen molar-refractivity contribution in [3.8, 4) is 17.9 Å². The maximum absolute atomic E-state index is 9.77. The summed E-state index contributed by atoms with van der Waals surface area (Å²) < 4.78 is 0. The highest BCUT2D eigenvalue weighted by Gasteiger charge is 2.06. The first-order valence-corrected chi connectivity index (χ1v) is 5.11. The van der Waals surface area contributed by atoms with Crippen molar-refractivity contribution in [1.29, 1.82) is 10.5 Å². The molecule has 0 heterocycles. The SMILES string of the molecule is N#CC(C#N)=NNc1c(O)ccc2ccccc12. The number of rotatable bonds is 2. The van der Waals surface area contributed by atoms with Gasteiger partial charge in [0.2, 0.25) is 5.71 Å². The second kappa shape index (κ2) is 4.86. The van der Waals surface area contributed by atoms with E-state index in [1.807, 2.05) is 24.3 Å². The minimum absolute atomic E-state index is 0.00711. The molecule has 0 aliphatic carbocycles. The van der Waals surface area contributed by atoms with Crippen LogP contribution in [0.5, 0.6) is 5.75 Å². The second-order valence-corrected chi connectivity index (χ2v) is 3.48. The third-order valence-corrected chi connectivity index (χ3v) is 2.40. The lowest BCUT2D eigenvalue weighted by atomic mass is 10.1. The topological polar surface area (TPSA) is 92.2 Å². The molecule has 0 saturated heterocycles. The summed E-state index contributed by atoms with van der Waals surface area (Å²) in [5.74, 6) is 0.00711. The molecule has 0 spiro atoms. The van der Waals surface area contributed by atoms with Crippen LogP contribution in [-0.4, -0.2) is 10.8 Å². The van der Waals surface area contributed by atoms with Crippen molar-refractivity contribution in [2.45, 2.75) is 0 Å². The van der Waals surface area contributed by atoms with Crippen LogP contribution in [0.2, 0.25) is 0 Å². The molecule has 86 valence electrons. The van der Waals surface area contributed by atoms with Crippen LogP contribution in [-0.2, 0) is 0 Å². The maximum Gasteiger partial charge on any atom is 0.237 e. The lowest BCUT2D eigenvalue weighted by Crippen LogP contribution is -1.97. The van der Waals surface area contributed by atoms with Gasteiger partial charge in [0.25, 0.3) is 0 Å². The number of phenolic OH excluding ortho intramolecular Hbond substituents is 1. The number of hydrogen-bond donors (Lipinski definition) is 2. The Morgan fingerprint density at radius 3 is 2.56 bits per heavy atom. The van der Waals surface area contributed by atoms with Crippen LogP contribution in [0.4, 0.5) is 5.69 Å². The van der Waals surface area contributed by atoms with Crippen molar-refractivity contribution in [2.75, 3.05) is 5.43 Å². The van der Waals surface area contributed by atoms with E-state index in [4.69, 9.17) is 10.5 Å². The first kappa shape index (κ1) is 11.4. The zero-order valence-electron chi connectivity index (χ0n) is 9.25. The molecule has 0 aliphatic heterocycles. The highest BCUT2D eigenvalue weighted by Crippen LogP contribution is 2.32. The minimum Gasteiger partial charge on any atom is -0.506 e. The number of hydrazone groups is 1. The maximum atomic E-state index is 9.77. The number of phenols is 1. The van der Waals surface area contributed by atoms with Gasteiger partial charge >= 0.3 is 0 Å². The monoisotopic (exact) mass is 236 g/mol. The van der Waals surface area contributed by atoms with E-state index in [1.165, 1.54) is 6.07 Å². The molecular weight excluding hydrogens is 228 g/mol. The Hall–Kier alpha value is -3.05. The summed E-state index contributed by atoms with van der Waals surface area (Å²) in [5, 5.41) is 32.2. The lowest BCUT2D eigenvalue weighted by molar-refractivity contribution is 0.478. The van der Waals surface area contributed by atoms with E-state index in [0.29, 0.717) is 5.69 Å². The average molecular weight is 236 g/mol. The van der Waals surface area contributed by atoms with Gasteiger partial charge in [0.15, 0.2) is 0 Å². The van der Waals surface area contributed by atoms with Gasteiger partial charge in [-0.25, -0.2) is 0 Å². The molecule has 18 heavy (non-hydrogen) atoms. The van der Waals surface area contributed by atoms with E-state index < -0.39 is 0 Å². The van der Waals surface area contributed by atoms with Gasteiger partial charge in [-0.05, 0) is 11.5 Å². The van der Waals surface area contributed by atoms with Crippen LogP contribution in [0.25, 0.3) is 10.8 Å². The number of nitrogens with one attached hydrogen (secondary N) is 1. The summed E-state index contributed by atoms with van der Waals surface area (Å²) >= 11 is 0. The Labute approximate surface area is 103 Å². The first-order valence-electron chi connectivity index (χ1n) is 5.11. The van der Waals surface area contributed by atoms with E-state index in [0.717, 1.165) is 10.8 Å². The van der Waals surface area contributed by atoms with Gasteiger partial charge in [-0.2, -0.15) is 15.6 Å². The molecule has 0 atom stereocenters. The molecule has 0 amide bonds. The molecule has 2 N–H and O–H groups in total. The molecule has 5 heteroatoms. The van der Waals surface area contributed by atoms with Crippen LogP contribution in [0.3, 0.4) is 0 Å². The van der Waals surface area contributed by atoms with Crippen molar-refractivity contribution in [2.24, 2.45) is 5.10 Å². The summed E-state index contributed by atoms with van der Waals surface area (Å²) in [6.07, 6.45) is 0. The van der Waals surface area contributed by atoms with E-state index >= 15 is 0 Å². The molecule has 0 bridgehead atoms. The largest absolute Gasteiger partial charge is 0.506 e. The van der Waals surface area contributed by atoms with Crippen molar-refractivity contribution >= 4 is 22.2 Å². The predicted molar refractivity (Wildman–Crippen MR) is 67.9 cm³/mol. The van der Waals surface area contributed by atoms with Crippen molar-refractivity contribution in [3.63, 3.8) is 0 Å². The average Bonchev–Trinajstić information content (AvgIpc) is 2.42. The molecule has 0 saturated carbocycles. The summed E-state index contributed by atoms with van der Waals surface area (Å²) in [6.45, 7) is 0. The molecule has 0 aromatic heterocycles. The predicted octanol–water partition coefficient (Wildman–Crippen LogP) is 2.36. The van der Waals surface area contributed by atoms with Gasteiger partial charge in [-0.15, -0.1) is 0 Å². The third kappa shape index (κ3) is 2.06. The molecule has 5 nitrogen and oxygen atoms in total. The summed E-state index contributed by atoms with van der Waals surface area (Å²) in [5.41, 5.74) is 2.62. The fourth-order valence-corrected chi connectivity index (χ4v) is 1.56. The number of benzene rings is 2. The van der Waals surface area contributed by atoms with Gasteiger partial charge < -0.3 is 5.11 Å². The standard InChI is InChI=1S/C13H8N4O/c14-7-10(8-15)16-17-13-11-4-2-1-3-9(11)5-6-12(13)18/h1-6,17-18H. The van der Waals surface area contributed by atoms with Crippen LogP contribution in [0.1, 0.15) is 0 Å². The number of aromatic hydroxyl groups is 1. The number of nitrogens with zero attached hydrogens (tertiary/aromatic N) is 3. The van der Waals surface area contributed by atoms with Crippen LogP contribution in [0.15, 0.2) is 41.5 Å². The van der Waals surface area contributed by atoms with Crippen molar-refractivity contribution in [3.05, 3.63) is 36.4 Å². The fraction of sp³-hybridized carbons (Fsp3) is 0. The first-order chi connectivity index (χ1) is 8.76. The Balaban J connectivity index is 2.51. The third-order valence-electron chi connectivity index (χ3n) is 2.40. The van der Waals surface area contributed by atoms with Crippen molar-refractivity contribution in [1.82, 2.24) is 0 Å². The number of anilines is 1. The van der Waals surface area contributed by atoms with Gasteiger partial charge in [0, 0.05) is 5.39 Å². The van der Waals surface area contributed by atoms with E-state index in [2.05, 4.69) is 10.5 Å². The normalized spacial score (nSPS) is 9.22. The van der Waals surface area contributed by atoms with Gasteiger partial charge in [0.05, 0.1) is 0 Å². The van der Waals surface area contributed by atoms with Gasteiger partial charge in [-0.3, -0.25) is 5.43 Å². The highest BCUT2D eigenvalue weighted by molar-refractivity contribution is 6.10. The Kier molecular flexibility index (Phi) is 3.08. The molecule has 2 aromatic carbocycles. The van der Waals surface area contributed by atoms with Crippen molar-refractivity contribution < 1.29 is 5.11 Å². The summed E-state index contributed by atoms with van der Waals surface area (Å²) in [6, 6.07) is 14.0. The second-order valence-electron chi connectivity index (χ2n) is 3.48. The Morgan fingerprint density at radius 2 is 1.83 bits per heavy atom. The fourth-order valence-electron chi connectivity index (χ4n) is 1.56.